The summed E-state index contributed by atoms with van der Waals surface area (Å²) in [5.74, 6) is -0.515. The molecule has 0 bridgehead atoms. The Labute approximate surface area is 324 Å². The number of rotatable bonds is 41. The first kappa shape index (κ1) is 50.6. The third-order valence-electron chi connectivity index (χ3n) is 10.5. The largest absolute Gasteiger partial charge is 0.394 e. The van der Waals surface area contributed by atoms with Crippen LogP contribution in [0, 0.1) is 0 Å². The summed E-state index contributed by atoms with van der Waals surface area (Å²) in [5.41, 5.74) is 0. The topological polar surface area (TPSA) is 89.8 Å². The van der Waals surface area contributed by atoms with E-state index in [1.54, 1.807) is 6.08 Å². The fraction of sp³-hybridized carbons (Fsp3) is 0.851. The number of allylic oxidation sites excluding steroid dienone is 5. The highest BCUT2D eigenvalue weighted by Crippen LogP contribution is 2.16. The number of carbonyl (C=O) groups is 1. The van der Waals surface area contributed by atoms with Gasteiger partial charge in [0.25, 0.3) is 0 Å². The van der Waals surface area contributed by atoms with Crippen molar-refractivity contribution in [3.8, 4) is 0 Å². The molecule has 3 unspecified atom stereocenters. The molecule has 306 valence electrons. The molecule has 3 atom stereocenters. The zero-order chi connectivity index (χ0) is 38.0. The lowest BCUT2D eigenvalue weighted by atomic mass is 10.0. The van der Waals surface area contributed by atoms with Crippen molar-refractivity contribution in [2.45, 2.75) is 250 Å². The summed E-state index contributed by atoms with van der Waals surface area (Å²) in [6.45, 7) is 4.16. The highest BCUT2D eigenvalue weighted by molar-refractivity contribution is 5.80. The second kappa shape index (κ2) is 42.3. The molecule has 0 aliphatic heterocycles. The highest BCUT2D eigenvalue weighted by atomic mass is 16.3. The summed E-state index contributed by atoms with van der Waals surface area (Å²) in [6.07, 6.45) is 53.3. The van der Waals surface area contributed by atoms with E-state index >= 15 is 0 Å². The number of nitrogens with one attached hydrogen (secondary N) is 1. The lowest BCUT2D eigenvalue weighted by molar-refractivity contribution is -0.131. The lowest BCUT2D eigenvalue weighted by Gasteiger charge is -2.21. The van der Waals surface area contributed by atoms with Gasteiger partial charge in [0, 0.05) is 0 Å². The standard InChI is InChI=1S/C47H89NO4/c1-3-5-7-9-11-13-15-17-19-21-22-23-24-25-26-28-30-32-34-36-38-40-42-46(51)47(52)48-44(43-49)45(50)41-39-37-35-33-31-29-27-20-18-16-14-12-10-8-6-4-2/h18,20,31,33,39,41,44-46,49-51H,3-17,19,21-30,32,34-38,40,42-43H2,1-2H3,(H,48,52)/b20-18+,33-31+,41-39+. The average molecular weight is 732 g/mol. The Hall–Kier alpha value is -1.43. The van der Waals surface area contributed by atoms with E-state index in [2.05, 4.69) is 43.5 Å². The maximum Gasteiger partial charge on any atom is 0.249 e. The third kappa shape index (κ3) is 36.9. The van der Waals surface area contributed by atoms with Crippen molar-refractivity contribution < 1.29 is 20.1 Å². The second-order valence-corrected chi connectivity index (χ2v) is 15.6. The van der Waals surface area contributed by atoms with Crippen LogP contribution in [0.15, 0.2) is 36.5 Å². The number of hydrogen-bond acceptors (Lipinski definition) is 4. The minimum Gasteiger partial charge on any atom is -0.394 e. The van der Waals surface area contributed by atoms with Crippen LogP contribution in [0.25, 0.3) is 0 Å². The molecule has 0 fully saturated rings. The van der Waals surface area contributed by atoms with Crippen LogP contribution in [-0.4, -0.2) is 46.1 Å². The van der Waals surface area contributed by atoms with Gasteiger partial charge in [0.2, 0.25) is 5.91 Å². The zero-order valence-electron chi connectivity index (χ0n) is 34.7. The number of unbranched alkanes of at least 4 members (excludes halogenated alkanes) is 29. The summed E-state index contributed by atoms with van der Waals surface area (Å²) >= 11 is 0. The van der Waals surface area contributed by atoms with Crippen molar-refractivity contribution in [1.82, 2.24) is 5.32 Å². The Morgan fingerprint density at radius 3 is 1.17 bits per heavy atom. The second-order valence-electron chi connectivity index (χ2n) is 15.6. The average Bonchev–Trinajstić information content (AvgIpc) is 3.15. The van der Waals surface area contributed by atoms with Gasteiger partial charge in [0.1, 0.15) is 6.10 Å². The van der Waals surface area contributed by atoms with Gasteiger partial charge in [-0.05, 0) is 44.9 Å². The fourth-order valence-corrected chi connectivity index (χ4v) is 6.86. The maximum atomic E-state index is 12.5. The van der Waals surface area contributed by atoms with Gasteiger partial charge in [-0.1, -0.05) is 224 Å². The Bertz CT molecular complexity index is 809. The molecule has 0 aliphatic rings. The van der Waals surface area contributed by atoms with Gasteiger partial charge in [0.05, 0.1) is 18.8 Å². The normalized spacial score (nSPS) is 13.9. The van der Waals surface area contributed by atoms with Crippen LogP contribution in [0.3, 0.4) is 0 Å². The molecular weight excluding hydrogens is 643 g/mol. The zero-order valence-corrected chi connectivity index (χ0v) is 34.7. The molecule has 1 amide bonds. The third-order valence-corrected chi connectivity index (χ3v) is 10.5. The van der Waals surface area contributed by atoms with Crippen LogP contribution in [0.5, 0.6) is 0 Å². The molecule has 0 saturated carbocycles. The van der Waals surface area contributed by atoms with Gasteiger partial charge >= 0.3 is 0 Å². The number of aliphatic hydroxyl groups excluding tert-OH is 3. The molecule has 4 N–H and O–H groups in total. The molecule has 0 aliphatic carbocycles. The number of aliphatic hydroxyl groups is 3. The van der Waals surface area contributed by atoms with Crippen molar-refractivity contribution in [3.63, 3.8) is 0 Å². The molecule has 0 spiro atoms. The van der Waals surface area contributed by atoms with E-state index in [0.29, 0.717) is 6.42 Å². The predicted molar refractivity (Wildman–Crippen MR) is 227 cm³/mol. The number of hydrogen-bond donors (Lipinski definition) is 4. The van der Waals surface area contributed by atoms with E-state index in [9.17, 15) is 20.1 Å². The van der Waals surface area contributed by atoms with Gasteiger partial charge < -0.3 is 20.6 Å². The van der Waals surface area contributed by atoms with E-state index < -0.39 is 24.2 Å². The number of carbonyl (C=O) groups excluding carboxylic acids is 1. The Balaban J connectivity index is 3.67. The smallest absolute Gasteiger partial charge is 0.249 e. The van der Waals surface area contributed by atoms with Gasteiger partial charge in [-0.3, -0.25) is 4.79 Å². The van der Waals surface area contributed by atoms with Crippen LogP contribution >= 0.6 is 0 Å². The first-order valence-electron chi connectivity index (χ1n) is 22.8. The molecule has 0 aromatic rings. The Morgan fingerprint density at radius 1 is 0.462 bits per heavy atom. The monoisotopic (exact) mass is 732 g/mol. The van der Waals surface area contributed by atoms with E-state index in [4.69, 9.17) is 0 Å². The van der Waals surface area contributed by atoms with Crippen molar-refractivity contribution in [2.75, 3.05) is 6.61 Å². The maximum absolute atomic E-state index is 12.5. The molecule has 0 rings (SSSR count). The minimum atomic E-state index is -1.11. The Morgan fingerprint density at radius 2 is 0.788 bits per heavy atom. The van der Waals surface area contributed by atoms with Gasteiger partial charge in [-0.2, -0.15) is 0 Å². The molecular formula is C47H89NO4. The van der Waals surface area contributed by atoms with E-state index in [0.717, 1.165) is 44.9 Å². The molecule has 0 aromatic carbocycles. The number of amides is 1. The fourth-order valence-electron chi connectivity index (χ4n) is 6.86. The van der Waals surface area contributed by atoms with Crippen LogP contribution < -0.4 is 5.32 Å². The van der Waals surface area contributed by atoms with E-state index in [1.165, 1.54) is 167 Å². The summed E-state index contributed by atoms with van der Waals surface area (Å²) in [6, 6.07) is -0.818. The molecule has 0 aromatic heterocycles. The summed E-state index contributed by atoms with van der Waals surface area (Å²) in [7, 11) is 0. The minimum absolute atomic E-state index is 0.379. The molecule has 0 heterocycles. The van der Waals surface area contributed by atoms with Crippen LogP contribution in [0.4, 0.5) is 0 Å². The van der Waals surface area contributed by atoms with Crippen molar-refractivity contribution >= 4 is 5.91 Å². The van der Waals surface area contributed by atoms with E-state index in [1.807, 2.05) is 6.08 Å². The van der Waals surface area contributed by atoms with E-state index in [-0.39, 0.29) is 6.61 Å². The van der Waals surface area contributed by atoms with Crippen molar-refractivity contribution in [2.24, 2.45) is 0 Å². The van der Waals surface area contributed by atoms with Crippen molar-refractivity contribution in [1.29, 1.82) is 0 Å². The molecule has 0 saturated heterocycles. The van der Waals surface area contributed by atoms with Crippen LogP contribution in [-0.2, 0) is 4.79 Å². The predicted octanol–water partition coefficient (Wildman–Crippen LogP) is 13.2. The summed E-state index contributed by atoms with van der Waals surface area (Å²) in [5, 5.41) is 33.1. The molecule has 0 radical (unpaired) electrons. The van der Waals surface area contributed by atoms with Gasteiger partial charge in [-0.15, -0.1) is 0 Å². The van der Waals surface area contributed by atoms with Gasteiger partial charge in [0.15, 0.2) is 0 Å². The van der Waals surface area contributed by atoms with Gasteiger partial charge in [-0.25, -0.2) is 0 Å². The quantitative estimate of drug-likeness (QED) is 0.0372. The molecule has 52 heavy (non-hydrogen) atoms. The lowest BCUT2D eigenvalue weighted by Crippen LogP contribution is -2.48. The van der Waals surface area contributed by atoms with Crippen LogP contribution in [0.1, 0.15) is 232 Å². The molecule has 5 heteroatoms. The summed E-state index contributed by atoms with van der Waals surface area (Å²) < 4.78 is 0. The summed E-state index contributed by atoms with van der Waals surface area (Å²) in [4.78, 5) is 12.5. The highest BCUT2D eigenvalue weighted by Gasteiger charge is 2.22. The van der Waals surface area contributed by atoms with Crippen molar-refractivity contribution in [3.05, 3.63) is 36.5 Å². The first-order chi connectivity index (χ1) is 25.6. The Kier molecular flexibility index (Phi) is 41.1. The van der Waals surface area contributed by atoms with Crippen LogP contribution in [0.2, 0.25) is 0 Å². The SMILES string of the molecule is CCCCCCCC/C=C/CC/C=C/CC/C=C/C(O)C(CO)NC(=O)C(O)CCCCCCCCCCCCCCCCCCCCCCCC. The first-order valence-corrected chi connectivity index (χ1v) is 22.8. The molecule has 5 nitrogen and oxygen atoms in total.